The van der Waals surface area contributed by atoms with Gasteiger partial charge in [0.1, 0.15) is 6.54 Å². The van der Waals surface area contributed by atoms with Gasteiger partial charge in [-0.15, -0.1) is 10.2 Å². The minimum atomic E-state index is 0.339. The minimum Gasteiger partial charge on any atom is -0.357 e. The smallest absolute Gasteiger partial charge is 0.191 e. The molecule has 1 aliphatic rings. The van der Waals surface area contributed by atoms with Crippen LogP contribution in [0.4, 0.5) is 0 Å². The molecule has 3 heterocycles. The van der Waals surface area contributed by atoms with Crippen LogP contribution >= 0.6 is 0 Å². The molecule has 1 atom stereocenters. The number of likely N-dealkylation sites (tertiary alicyclic amines) is 1. The number of nitrogens with one attached hydrogen (secondary N) is 2. The van der Waals surface area contributed by atoms with Gasteiger partial charge in [0.05, 0.1) is 6.04 Å². The molecule has 0 bridgehead atoms. The van der Waals surface area contributed by atoms with E-state index >= 15 is 0 Å². The van der Waals surface area contributed by atoms with Gasteiger partial charge in [0.25, 0.3) is 0 Å². The lowest BCUT2D eigenvalue weighted by Gasteiger charge is -2.29. The number of fused-ring (bicyclic) bond motifs is 1. The molecule has 4 rings (SSSR count). The number of aromatic nitrogens is 3. The van der Waals surface area contributed by atoms with Crippen molar-refractivity contribution < 1.29 is 0 Å². The van der Waals surface area contributed by atoms with Gasteiger partial charge in [-0.1, -0.05) is 35.9 Å². The Balaban J connectivity index is 1.47. The zero-order valence-electron chi connectivity index (χ0n) is 17.9. The van der Waals surface area contributed by atoms with Crippen LogP contribution in [0.3, 0.4) is 0 Å². The van der Waals surface area contributed by atoms with Gasteiger partial charge in [0, 0.05) is 19.3 Å². The average molecular weight is 406 g/mol. The van der Waals surface area contributed by atoms with Crippen LogP contribution in [-0.4, -0.2) is 51.6 Å². The summed E-state index contributed by atoms with van der Waals surface area (Å²) in [7, 11) is 0. The van der Waals surface area contributed by atoms with Gasteiger partial charge >= 0.3 is 0 Å². The van der Waals surface area contributed by atoms with E-state index in [0.717, 1.165) is 43.6 Å². The van der Waals surface area contributed by atoms with Gasteiger partial charge in [-0.2, -0.15) is 0 Å². The summed E-state index contributed by atoms with van der Waals surface area (Å²) in [4.78, 5) is 7.34. The van der Waals surface area contributed by atoms with Gasteiger partial charge in [-0.05, 0) is 57.5 Å². The largest absolute Gasteiger partial charge is 0.357 e. The molecule has 0 amide bonds. The first-order chi connectivity index (χ1) is 14.7. The lowest BCUT2D eigenvalue weighted by atomic mass is 10.0. The van der Waals surface area contributed by atoms with E-state index in [2.05, 4.69) is 63.8 Å². The van der Waals surface area contributed by atoms with E-state index in [-0.39, 0.29) is 0 Å². The Morgan fingerprint density at radius 3 is 2.63 bits per heavy atom. The van der Waals surface area contributed by atoms with Crippen LogP contribution in [-0.2, 0) is 6.54 Å². The van der Waals surface area contributed by atoms with Crippen molar-refractivity contribution in [2.24, 2.45) is 4.99 Å². The highest BCUT2D eigenvalue weighted by molar-refractivity contribution is 5.79. The third-order valence-electron chi connectivity index (χ3n) is 5.61. The van der Waals surface area contributed by atoms with Crippen LogP contribution in [0.15, 0.2) is 53.7 Å². The number of nitrogens with zero attached hydrogens (tertiary/aromatic N) is 5. The quantitative estimate of drug-likeness (QED) is 0.467. The first-order valence-corrected chi connectivity index (χ1v) is 10.9. The van der Waals surface area contributed by atoms with Gasteiger partial charge in [-0.25, -0.2) is 4.99 Å². The van der Waals surface area contributed by atoms with Gasteiger partial charge < -0.3 is 10.6 Å². The fourth-order valence-electron chi connectivity index (χ4n) is 3.98. The Morgan fingerprint density at radius 1 is 1.07 bits per heavy atom. The first kappa shape index (κ1) is 20.3. The van der Waals surface area contributed by atoms with Crippen molar-refractivity contribution in [2.75, 3.05) is 26.2 Å². The van der Waals surface area contributed by atoms with Crippen molar-refractivity contribution in [3.63, 3.8) is 0 Å². The Labute approximate surface area is 178 Å². The van der Waals surface area contributed by atoms with E-state index in [1.54, 1.807) is 0 Å². The van der Waals surface area contributed by atoms with E-state index in [1.165, 1.54) is 24.0 Å². The fraction of sp³-hybridized carbons (Fsp3) is 0.435. The molecular formula is C23H31N7. The van der Waals surface area contributed by atoms with Gasteiger partial charge in [0.15, 0.2) is 17.4 Å². The maximum atomic E-state index is 4.76. The van der Waals surface area contributed by atoms with E-state index < -0.39 is 0 Å². The minimum absolute atomic E-state index is 0.339. The first-order valence-electron chi connectivity index (χ1n) is 10.9. The molecule has 1 aromatic carbocycles. The molecule has 0 spiro atoms. The highest BCUT2D eigenvalue weighted by Gasteiger charge is 2.23. The van der Waals surface area contributed by atoms with Crippen molar-refractivity contribution in [3.05, 3.63) is 65.6 Å². The molecule has 2 N–H and O–H groups in total. The van der Waals surface area contributed by atoms with Gasteiger partial charge in [-0.3, -0.25) is 9.30 Å². The molecule has 7 nitrogen and oxygen atoms in total. The molecule has 30 heavy (non-hydrogen) atoms. The molecule has 0 aliphatic carbocycles. The number of hydrogen-bond donors (Lipinski definition) is 2. The van der Waals surface area contributed by atoms with Crippen LogP contribution in [0.2, 0.25) is 0 Å². The molecule has 0 saturated carbocycles. The molecule has 1 aliphatic heterocycles. The predicted molar refractivity (Wildman–Crippen MR) is 121 cm³/mol. The third-order valence-corrected chi connectivity index (χ3v) is 5.61. The van der Waals surface area contributed by atoms with Gasteiger partial charge in [0.2, 0.25) is 0 Å². The van der Waals surface area contributed by atoms with Crippen molar-refractivity contribution in [1.82, 2.24) is 30.1 Å². The Hall–Kier alpha value is -2.93. The Morgan fingerprint density at radius 2 is 1.87 bits per heavy atom. The number of benzene rings is 1. The molecule has 7 heteroatoms. The lowest BCUT2D eigenvalue weighted by Crippen LogP contribution is -2.42. The Bertz CT molecular complexity index is 971. The molecular weight excluding hydrogens is 374 g/mol. The Kier molecular flexibility index (Phi) is 6.59. The topological polar surface area (TPSA) is 69.8 Å². The summed E-state index contributed by atoms with van der Waals surface area (Å²) in [6.45, 7) is 8.62. The molecule has 1 unspecified atom stereocenters. The summed E-state index contributed by atoms with van der Waals surface area (Å²) in [6, 6.07) is 15.2. The fourth-order valence-corrected chi connectivity index (χ4v) is 3.98. The van der Waals surface area contributed by atoms with Crippen LogP contribution in [0, 0.1) is 6.92 Å². The number of pyridine rings is 1. The molecule has 1 saturated heterocycles. The predicted octanol–water partition coefficient (Wildman–Crippen LogP) is 2.93. The van der Waals surface area contributed by atoms with E-state index in [0.29, 0.717) is 12.6 Å². The summed E-state index contributed by atoms with van der Waals surface area (Å²) in [5, 5.41) is 15.4. The van der Waals surface area contributed by atoms with Crippen molar-refractivity contribution >= 4 is 11.6 Å². The van der Waals surface area contributed by atoms with Crippen LogP contribution < -0.4 is 10.6 Å². The number of aliphatic imine (C=N–C) groups is 1. The molecule has 158 valence electrons. The second-order valence-corrected chi connectivity index (χ2v) is 7.79. The van der Waals surface area contributed by atoms with Crippen molar-refractivity contribution in [2.45, 2.75) is 39.3 Å². The second-order valence-electron chi connectivity index (χ2n) is 7.79. The normalized spacial score (nSPS) is 16.1. The monoisotopic (exact) mass is 405 g/mol. The molecule has 2 aromatic heterocycles. The number of guanidine groups is 1. The van der Waals surface area contributed by atoms with E-state index in [4.69, 9.17) is 4.99 Å². The van der Waals surface area contributed by atoms with E-state index in [1.807, 2.05) is 28.8 Å². The highest BCUT2D eigenvalue weighted by Crippen LogP contribution is 2.24. The highest BCUT2D eigenvalue weighted by atomic mass is 15.3. The number of aryl methyl sites for hydroxylation is 1. The van der Waals surface area contributed by atoms with Crippen molar-refractivity contribution in [1.29, 1.82) is 0 Å². The molecule has 0 radical (unpaired) electrons. The SMILES string of the molecule is CCNC(=NCc1nnc2ccccn12)NCC(c1ccc(C)cc1)N1CCCC1. The number of rotatable bonds is 7. The summed E-state index contributed by atoms with van der Waals surface area (Å²) >= 11 is 0. The van der Waals surface area contributed by atoms with Crippen LogP contribution in [0.1, 0.15) is 42.8 Å². The maximum Gasteiger partial charge on any atom is 0.191 e. The standard InChI is InChI=1S/C23H31N7/c1-3-24-23(26-17-22-28-27-21-8-4-5-15-30(21)22)25-16-20(29-13-6-7-14-29)19-11-9-18(2)10-12-19/h4-5,8-12,15,20H,3,6-7,13-14,16-17H2,1-2H3,(H2,24,25,26). The summed E-state index contributed by atoms with van der Waals surface area (Å²) in [6.07, 6.45) is 4.52. The zero-order chi connectivity index (χ0) is 20.8. The summed E-state index contributed by atoms with van der Waals surface area (Å²) < 4.78 is 1.98. The second kappa shape index (κ2) is 9.71. The van der Waals surface area contributed by atoms with Crippen LogP contribution in [0.25, 0.3) is 5.65 Å². The number of hydrogen-bond acceptors (Lipinski definition) is 4. The summed E-state index contributed by atoms with van der Waals surface area (Å²) in [5.41, 5.74) is 3.49. The summed E-state index contributed by atoms with van der Waals surface area (Å²) in [5.74, 6) is 1.64. The maximum absolute atomic E-state index is 4.76. The zero-order valence-corrected chi connectivity index (χ0v) is 17.9. The average Bonchev–Trinajstić information content (AvgIpc) is 3.44. The lowest BCUT2D eigenvalue weighted by molar-refractivity contribution is 0.245. The molecule has 1 fully saturated rings. The van der Waals surface area contributed by atoms with Crippen LogP contribution in [0.5, 0.6) is 0 Å². The molecule has 3 aromatic rings. The third kappa shape index (κ3) is 4.79. The van der Waals surface area contributed by atoms with Crippen molar-refractivity contribution in [3.8, 4) is 0 Å². The van der Waals surface area contributed by atoms with E-state index in [9.17, 15) is 0 Å².